The number of hydrogen-bond acceptors (Lipinski definition) is 4. The van der Waals surface area contributed by atoms with E-state index in [0.29, 0.717) is 42.6 Å². The summed E-state index contributed by atoms with van der Waals surface area (Å²) < 4.78 is 30.4. The molecule has 0 heterocycles. The van der Waals surface area contributed by atoms with Crippen LogP contribution in [0.5, 0.6) is 17.2 Å². The molecular weight excluding hydrogens is 361 g/mol. The van der Waals surface area contributed by atoms with E-state index >= 15 is 0 Å². The van der Waals surface area contributed by atoms with Gasteiger partial charge >= 0.3 is 0 Å². The van der Waals surface area contributed by atoms with Crippen LogP contribution in [0.1, 0.15) is 49.0 Å². The van der Waals surface area contributed by atoms with Gasteiger partial charge in [0.25, 0.3) is 5.91 Å². The van der Waals surface area contributed by atoms with Crippen molar-refractivity contribution >= 4 is 5.91 Å². The van der Waals surface area contributed by atoms with Crippen molar-refractivity contribution in [2.45, 2.75) is 39.2 Å². The molecule has 1 N–H and O–H groups in total. The second-order valence-corrected chi connectivity index (χ2v) is 6.58. The minimum Gasteiger partial charge on any atom is -0.490 e. The summed E-state index contributed by atoms with van der Waals surface area (Å²) in [5.41, 5.74) is 1.35. The molecule has 1 aliphatic carbocycles. The number of nitrogens with one attached hydrogen (secondary N) is 1. The number of benzene rings is 2. The second-order valence-electron chi connectivity index (χ2n) is 6.58. The Morgan fingerprint density at radius 1 is 1.04 bits per heavy atom. The summed E-state index contributed by atoms with van der Waals surface area (Å²) in [6.45, 7) is 6.98. The number of hydrogen-bond donors (Lipinski definition) is 1. The summed E-state index contributed by atoms with van der Waals surface area (Å²) in [6, 6.07) is 9.86. The Morgan fingerprint density at radius 2 is 1.68 bits per heavy atom. The molecule has 5 nitrogen and oxygen atoms in total. The Labute approximate surface area is 164 Å². The summed E-state index contributed by atoms with van der Waals surface area (Å²) in [6.07, 6.45) is 0.795. The van der Waals surface area contributed by atoms with Crippen molar-refractivity contribution in [2.75, 3.05) is 19.8 Å². The van der Waals surface area contributed by atoms with Crippen molar-refractivity contribution in [1.82, 2.24) is 5.32 Å². The fraction of sp³-hybridized carbons (Fsp3) is 0.409. The lowest BCUT2D eigenvalue weighted by Gasteiger charge is -2.17. The van der Waals surface area contributed by atoms with Crippen LogP contribution in [0.4, 0.5) is 4.39 Å². The molecule has 0 aromatic heterocycles. The highest BCUT2D eigenvalue weighted by atomic mass is 19.1. The van der Waals surface area contributed by atoms with Crippen LogP contribution in [0.3, 0.4) is 0 Å². The van der Waals surface area contributed by atoms with Gasteiger partial charge in [-0.1, -0.05) is 12.1 Å². The topological polar surface area (TPSA) is 56.8 Å². The van der Waals surface area contributed by atoms with E-state index < -0.39 is 0 Å². The van der Waals surface area contributed by atoms with Gasteiger partial charge in [-0.25, -0.2) is 4.39 Å². The molecule has 1 fully saturated rings. The van der Waals surface area contributed by atoms with Crippen molar-refractivity contribution in [3.05, 3.63) is 53.3 Å². The van der Waals surface area contributed by atoms with Gasteiger partial charge in [0, 0.05) is 17.5 Å². The number of carbonyl (C=O) groups excluding carboxylic acids is 1. The first-order chi connectivity index (χ1) is 13.6. The van der Waals surface area contributed by atoms with Gasteiger partial charge in [-0.3, -0.25) is 4.79 Å². The number of rotatable bonds is 9. The van der Waals surface area contributed by atoms with Crippen LogP contribution in [-0.4, -0.2) is 31.8 Å². The molecule has 1 saturated carbocycles. The smallest absolute Gasteiger partial charge is 0.251 e. The van der Waals surface area contributed by atoms with Gasteiger partial charge in [-0.05, 0) is 57.0 Å². The number of carbonyl (C=O) groups is 1. The van der Waals surface area contributed by atoms with Crippen molar-refractivity contribution in [1.29, 1.82) is 0 Å². The maximum atomic E-state index is 13.4. The molecule has 28 heavy (non-hydrogen) atoms. The van der Waals surface area contributed by atoms with Crippen LogP contribution in [0, 0.1) is 5.82 Å². The highest BCUT2D eigenvalue weighted by molar-refractivity contribution is 5.96. The van der Waals surface area contributed by atoms with Gasteiger partial charge in [0.1, 0.15) is 5.82 Å². The highest BCUT2D eigenvalue weighted by Gasteiger charge is 2.40. The molecule has 1 aliphatic rings. The first-order valence-corrected chi connectivity index (χ1v) is 9.70. The number of ether oxygens (including phenoxy) is 3. The SMILES string of the molecule is CCOc1cc(C(=O)NC2CC2c2cccc(F)c2)cc(OCC)c1OCC. The zero-order valence-corrected chi connectivity index (χ0v) is 16.5. The third kappa shape index (κ3) is 4.55. The molecule has 1 amide bonds. The molecular formula is C22H26FNO4. The van der Waals surface area contributed by atoms with Gasteiger partial charge in [-0.15, -0.1) is 0 Å². The van der Waals surface area contributed by atoms with Crippen LogP contribution < -0.4 is 19.5 Å². The van der Waals surface area contributed by atoms with E-state index in [9.17, 15) is 9.18 Å². The molecule has 2 aromatic rings. The van der Waals surface area contributed by atoms with Crippen LogP contribution in [-0.2, 0) is 0 Å². The minimum absolute atomic E-state index is 0.00745. The Hall–Kier alpha value is -2.76. The van der Waals surface area contributed by atoms with Crippen LogP contribution in [0.15, 0.2) is 36.4 Å². The molecule has 150 valence electrons. The lowest BCUT2D eigenvalue weighted by atomic mass is 10.1. The van der Waals surface area contributed by atoms with E-state index in [1.165, 1.54) is 12.1 Å². The molecule has 2 atom stereocenters. The van der Waals surface area contributed by atoms with Crippen LogP contribution >= 0.6 is 0 Å². The molecule has 0 aliphatic heterocycles. The van der Waals surface area contributed by atoms with Crippen molar-refractivity contribution in [3.8, 4) is 17.2 Å². The molecule has 6 heteroatoms. The number of halogens is 1. The highest BCUT2D eigenvalue weighted by Crippen LogP contribution is 2.42. The molecule has 0 bridgehead atoms. The maximum absolute atomic E-state index is 13.4. The Kier molecular flexibility index (Phi) is 6.39. The quantitative estimate of drug-likeness (QED) is 0.697. The van der Waals surface area contributed by atoms with Gasteiger partial charge < -0.3 is 19.5 Å². The number of amides is 1. The first kappa shape index (κ1) is 20.0. The first-order valence-electron chi connectivity index (χ1n) is 9.70. The Morgan fingerprint density at radius 3 is 2.25 bits per heavy atom. The van der Waals surface area contributed by atoms with Gasteiger partial charge in [-0.2, -0.15) is 0 Å². The molecule has 2 aromatic carbocycles. The average Bonchev–Trinajstić information content (AvgIpc) is 3.43. The molecule has 0 radical (unpaired) electrons. The van der Waals surface area contributed by atoms with Crippen LogP contribution in [0.25, 0.3) is 0 Å². The Balaban J connectivity index is 1.77. The third-order valence-corrected chi connectivity index (χ3v) is 4.56. The van der Waals surface area contributed by atoms with E-state index in [4.69, 9.17) is 14.2 Å². The van der Waals surface area contributed by atoms with E-state index in [1.54, 1.807) is 18.2 Å². The monoisotopic (exact) mass is 387 g/mol. The fourth-order valence-electron chi connectivity index (χ4n) is 3.23. The van der Waals surface area contributed by atoms with Crippen LogP contribution in [0.2, 0.25) is 0 Å². The largest absolute Gasteiger partial charge is 0.490 e. The third-order valence-electron chi connectivity index (χ3n) is 4.56. The normalized spacial score (nSPS) is 17.7. The van der Waals surface area contributed by atoms with E-state index in [0.717, 1.165) is 12.0 Å². The lowest BCUT2D eigenvalue weighted by molar-refractivity contribution is 0.0949. The summed E-state index contributed by atoms with van der Waals surface area (Å²) >= 11 is 0. The summed E-state index contributed by atoms with van der Waals surface area (Å²) in [4.78, 5) is 12.8. The predicted octanol–water partition coefficient (Wildman–Crippen LogP) is 4.31. The zero-order valence-electron chi connectivity index (χ0n) is 16.5. The molecule has 0 spiro atoms. The second kappa shape index (κ2) is 8.95. The van der Waals surface area contributed by atoms with E-state index in [1.807, 2.05) is 26.8 Å². The standard InChI is InChI=1S/C22H26FNO4/c1-4-26-19-11-15(12-20(27-5-2)21(19)28-6-3)22(25)24-18-13-17(18)14-8-7-9-16(23)10-14/h7-12,17-18H,4-6,13H2,1-3H3,(H,24,25). The van der Waals surface area contributed by atoms with Crippen molar-refractivity contribution in [3.63, 3.8) is 0 Å². The van der Waals surface area contributed by atoms with Crippen molar-refractivity contribution < 1.29 is 23.4 Å². The van der Waals surface area contributed by atoms with E-state index in [2.05, 4.69) is 5.32 Å². The molecule has 2 unspecified atom stereocenters. The maximum Gasteiger partial charge on any atom is 0.251 e. The zero-order chi connectivity index (χ0) is 20.1. The fourth-order valence-corrected chi connectivity index (χ4v) is 3.23. The van der Waals surface area contributed by atoms with Gasteiger partial charge in [0.05, 0.1) is 19.8 Å². The predicted molar refractivity (Wildman–Crippen MR) is 105 cm³/mol. The lowest BCUT2D eigenvalue weighted by Crippen LogP contribution is -2.26. The van der Waals surface area contributed by atoms with Crippen molar-refractivity contribution in [2.24, 2.45) is 0 Å². The van der Waals surface area contributed by atoms with Gasteiger partial charge in [0.15, 0.2) is 11.5 Å². The summed E-state index contributed by atoms with van der Waals surface area (Å²) in [7, 11) is 0. The summed E-state index contributed by atoms with van der Waals surface area (Å²) in [5, 5.41) is 3.02. The van der Waals surface area contributed by atoms with Gasteiger partial charge in [0.2, 0.25) is 5.75 Å². The molecule has 3 rings (SSSR count). The molecule has 0 saturated heterocycles. The Bertz CT molecular complexity index is 812. The van der Waals surface area contributed by atoms with E-state index in [-0.39, 0.29) is 23.7 Å². The average molecular weight is 387 g/mol. The summed E-state index contributed by atoms with van der Waals surface area (Å²) in [5.74, 6) is 1.14. The minimum atomic E-state index is -0.260.